The van der Waals surface area contributed by atoms with Gasteiger partial charge < -0.3 is 10.3 Å². The van der Waals surface area contributed by atoms with E-state index >= 15 is 0 Å². The van der Waals surface area contributed by atoms with Gasteiger partial charge in [-0.1, -0.05) is 46.3 Å². The number of aromatic nitrogens is 2. The minimum Gasteiger partial charge on any atom is -0.353 e. The largest absolute Gasteiger partial charge is 0.353 e. The number of hydrogen-bond donors (Lipinski definition) is 2. The van der Waals surface area contributed by atoms with Gasteiger partial charge in [0.2, 0.25) is 5.91 Å². The molecule has 2 N–H and O–H groups in total. The molecule has 0 aliphatic carbocycles. The van der Waals surface area contributed by atoms with Crippen LogP contribution in [-0.4, -0.2) is 15.9 Å². The van der Waals surface area contributed by atoms with E-state index in [0.717, 1.165) is 37.5 Å². The number of carbonyl (C=O) groups is 1. The van der Waals surface area contributed by atoms with E-state index in [2.05, 4.69) is 55.5 Å². The number of pyridine rings is 1. The van der Waals surface area contributed by atoms with Gasteiger partial charge in [-0.05, 0) is 36.2 Å². The van der Waals surface area contributed by atoms with Crippen LogP contribution in [0.4, 0.5) is 0 Å². The van der Waals surface area contributed by atoms with Gasteiger partial charge in [0.1, 0.15) is 0 Å². The van der Waals surface area contributed by atoms with Gasteiger partial charge >= 0.3 is 0 Å². The van der Waals surface area contributed by atoms with E-state index in [-0.39, 0.29) is 11.9 Å². The standard InChI is InChI=1S/C21H18BrN3O/c1-13(26)24-19(12-14-6-8-15(22)9-7-14)21-20-17(10-11-23-21)16-4-2-3-5-18(16)25-20/h2-11,19,25H,12H2,1H3,(H,24,26)/t19-/m1/s1. The van der Waals surface area contributed by atoms with Crippen LogP contribution in [0.25, 0.3) is 21.8 Å². The number of amides is 1. The highest BCUT2D eigenvalue weighted by Gasteiger charge is 2.19. The van der Waals surface area contributed by atoms with E-state index < -0.39 is 0 Å². The third-order valence-corrected chi connectivity index (χ3v) is 5.05. The van der Waals surface area contributed by atoms with Crippen LogP contribution >= 0.6 is 15.9 Å². The highest BCUT2D eigenvalue weighted by Crippen LogP contribution is 2.30. The number of rotatable bonds is 4. The van der Waals surface area contributed by atoms with Gasteiger partial charge in [-0.3, -0.25) is 9.78 Å². The maximum Gasteiger partial charge on any atom is 0.217 e. The van der Waals surface area contributed by atoms with Gasteiger partial charge in [0.15, 0.2) is 0 Å². The van der Waals surface area contributed by atoms with Crippen LogP contribution in [0.2, 0.25) is 0 Å². The summed E-state index contributed by atoms with van der Waals surface area (Å²) in [5, 5.41) is 5.35. The van der Waals surface area contributed by atoms with Crippen LogP contribution < -0.4 is 5.32 Å². The lowest BCUT2D eigenvalue weighted by atomic mass is 10.0. The maximum absolute atomic E-state index is 11.8. The fourth-order valence-electron chi connectivity index (χ4n) is 3.38. The normalized spacial score (nSPS) is 12.4. The number of hydrogen-bond acceptors (Lipinski definition) is 2. The molecule has 1 atom stereocenters. The summed E-state index contributed by atoms with van der Waals surface area (Å²) in [6.45, 7) is 1.54. The summed E-state index contributed by atoms with van der Waals surface area (Å²) in [4.78, 5) is 19.9. The Morgan fingerprint density at radius 2 is 1.88 bits per heavy atom. The second-order valence-corrected chi connectivity index (χ2v) is 7.29. The molecule has 26 heavy (non-hydrogen) atoms. The highest BCUT2D eigenvalue weighted by molar-refractivity contribution is 9.10. The predicted octanol–water partition coefficient (Wildman–Crippen LogP) is 4.90. The Hall–Kier alpha value is -2.66. The molecule has 2 heterocycles. The van der Waals surface area contributed by atoms with Crippen molar-refractivity contribution in [1.82, 2.24) is 15.3 Å². The first kappa shape index (κ1) is 16.8. The van der Waals surface area contributed by atoms with Gasteiger partial charge in [-0.25, -0.2) is 0 Å². The van der Waals surface area contributed by atoms with E-state index in [1.165, 1.54) is 0 Å². The van der Waals surface area contributed by atoms with Crippen molar-refractivity contribution >= 4 is 43.6 Å². The van der Waals surface area contributed by atoms with Crippen LogP contribution in [0, 0.1) is 0 Å². The Kier molecular flexibility index (Phi) is 4.47. The van der Waals surface area contributed by atoms with E-state index in [1.807, 2.05) is 36.5 Å². The predicted molar refractivity (Wildman–Crippen MR) is 108 cm³/mol. The molecule has 130 valence electrons. The summed E-state index contributed by atoms with van der Waals surface area (Å²) in [5.74, 6) is -0.0676. The number of fused-ring (bicyclic) bond motifs is 3. The van der Waals surface area contributed by atoms with E-state index in [4.69, 9.17) is 0 Å². The Bertz CT molecular complexity index is 1090. The summed E-state index contributed by atoms with van der Waals surface area (Å²) < 4.78 is 1.04. The monoisotopic (exact) mass is 407 g/mol. The molecular weight excluding hydrogens is 390 g/mol. The SMILES string of the molecule is CC(=O)N[C@H](Cc1ccc(Br)cc1)c1nccc2c1[nH]c1ccccc12. The van der Waals surface area contributed by atoms with Gasteiger partial charge in [0.05, 0.1) is 17.3 Å². The number of nitrogens with zero attached hydrogens (tertiary/aromatic N) is 1. The number of benzene rings is 2. The lowest BCUT2D eigenvalue weighted by molar-refractivity contribution is -0.119. The Balaban J connectivity index is 1.82. The molecule has 4 nitrogen and oxygen atoms in total. The van der Waals surface area contributed by atoms with Crippen molar-refractivity contribution in [2.75, 3.05) is 0 Å². The second-order valence-electron chi connectivity index (χ2n) is 6.37. The van der Waals surface area contributed by atoms with Gasteiger partial charge in [-0.2, -0.15) is 0 Å². The molecule has 0 unspecified atom stereocenters. The molecule has 1 amide bonds. The summed E-state index contributed by atoms with van der Waals surface area (Å²) in [7, 11) is 0. The minimum atomic E-state index is -0.203. The summed E-state index contributed by atoms with van der Waals surface area (Å²) in [6.07, 6.45) is 2.49. The number of aromatic amines is 1. The molecule has 0 aliphatic rings. The van der Waals surface area contributed by atoms with Crippen molar-refractivity contribution in [2.24, 2.45) is 0 Å². The molecule has 0 fully saturated rings. The molecule has 0 radical (unpaired) electrons. The fraction of sp³-hybridized carbons (Fsp3) is 0.143. The van der Waals surface area contributed by atoms with E-state index in [0.29, 0.717) is 6.42 Å². The van der Waals surface area contributed by atoms with Crippen LogP contribution in [0.3, 0.4) is 0 Å². The van der Waals surface area contributed by atoms with Crippen LogP contribution in [0.5, 0.6) is 0 Å². The molecule has 2 aromatic heterocycles. The van der Waals surface area contributed by atoms with Crippen molar-refractivity contribution in [3.63, 3.8) is 0 Å². The molecule has 2 aromatic carbocycles. The number of carbonyl (C=O) groups excluding carboxylic acids is 1. The topological polar surface area (TPSA) is 57.8 Å². The molecule has 4 aromatic rings. The molecular formula is C21H18BrN3O. The average molecular weight is 408 g/mol. The molecule has 0 saturated heterocycles. The number of nitrogens with one attached hydrogen (secondary N) is 2. The molecule has 0 spiro atoms. The molecule has 0 aliphatic heterocycles. The lowest BCUT2D eigenvalue weighted by Gasteiger charge is -2.18. The number of para-hydroxylation sites is 1. The highest BCUT2D eigenvalue weighted by atomic mass is 79.9. The van der Waals surface area contributed by atoms with Crippen molar-refractivity contribution in [3.8, 4) is 0 Å². The van der Waals surface area contributed by atoms with Crippen molar-refractivity contribution in [1.29, 1.82) is 0 Å². The van der Waals surface area contributed by atoms with Crippen molar-refractivity contribution in [3.05, 3.63) is 76.5 Å². The zero-order valence-electron chi connectivity index (χ0n) is 14.3. The third-order valence-electron chi connectivity index (χ3n) is 4.52. The quantitative estimate of drug-likeness (QED) is 0.505. The average Bonchev–Trinajstić information content (AvgIpc) is 3.01. The summed E-state index contributed by atoms with van der Waals surface area (Å²) in [6, 6.07) is 18.2. The first-order valence-electron chi connectivity index (χ1n) is 8.48. The lowest BCUT2D eigenvalue weighted by Crippen LogP contribution is -2.28. The number of halogens is 1. The van der Waals surface area contributed by atoms with Gasteiger partial charge in [-0.15, -0.1) is 0 Å². The zero-order chi connectivity index (χ0) is 18.1. The van der Waals surface area contributed by atoms with Crippen molar-refractivity contribution < 1.29 is 4.79 Å². The van der Waals surface area contributed by atoms with Gasteiger partial charge in [0.25, 0.3) is 0 Å². The number of H-pyrrole nitrogens is 1. The van der Waals surface area contributed by atoms with Crippen LogP contribution in [-0.2, 0) is 11.2 Å². The Morgan fingerprint density at radius 1 is 1.12 bits per heavy atom. The van der Waals surface area contributed by atoms with Crippen LogP contribution in [0.1, 0.15) is 24.2 Å². The molecule has 4 rings (SSSR count). The first-order valence-corrected chi connectivity index (χ1v) is 9.28. The smallest absolute Gasteiger partial charge is 0.217 e. The summed E-state index contributed by atoms with van der Waals surface area (Å²) in [5.41, 5.74) is 4.05. The van der Waals surface area contributed by atoms with Crippen LogP contribution in [0.15, 0.2) is 65.3 Å². The minimum absolute atomic E-state index is 0.0676. The molecule has 0 saturated carbocycles. The zero-order valence-corrected chi connectivity index (χ0v) is 15.9. The first-order chi connectivity index (χ1) is 12.6. The second kappa shape index (κ2) is 6.92. The Labute approximate surface area is 159 Å². The maximum atomic E-state index is 11.8. The van der Waals surface area contributed by atoms with Gasteiger partial charge in [0, 0.05) is 33.9 Å². The summed E-state index contributed by atoms with van der Waals surface area (Å²) >= 11 is 3.46. The fourth-order valence-corrected chi connectivity index (χ4v) is 3.64. The van der Waals surface area contributed by atoms with Crippen molar-refractivity contribution in [2.45, 2.75) is 19.4 Å². The van der Waals surface area contributed by atoms with E-state index in [1.54, 1.807) is 6.92 Å². The Morgan fingerprint density at radius 3 is 2.65 bits per heavy atom. The molecule has 5 heteroatoms. The third kappa shape index (κ3) is 3.22. The molecule has 0 bridgehead atoms. The van der Waals surface area contributed by atoms with E-state index in [9.17, 15) is 4.79 Å².